The Labute approximate surface area is 180 Å². The van der Waals surface area contributed by atoms with Gasteiger partial charge in [-0.3, -0.25) is 4.79 Å². The third-order valence-electron chi connectivity index (χ3n) is 5.59. The first kappa shape index (κ1) is 21.0. The van der Waals surface area contributed by atoms with Crippen LogP contribution in [-0.2, 0) is 11.3 Å². The van der Waals surface area contributed by atoms with Crippen LogP contribution >= 0.6 is 0 Å². The second kappa shape index (κ2) is 9.68. The third kappa shape index (κ3) is 5.65. The van der Waals surface area contributed by atoms with Gasteiger partial charge in [0.15, 0.2) is 11.5 Å². The van der Waals surface area contributed by atoms with Crippen molar-refractivity contribution in [3.63, 3.8) is 0 Å². The Morgan fingerprint density at radius 1 is 1.13 bits per heavy atom. The van der Waals surface area contributed by atoms with E-state index in [4.69, 9.17) is 9.47 Å². The fraction of sp³-hybridized carbons (Fsp3) is 0.391. The number of nitrogens with zero attached hydrogens (tertiary/aromatic N) is 1. The number of carbonyl (C=O) groups is 2. The van der Waals surface area contributed by atoms with E-state index in [9.17, 15) is 14.0 Å². The van der Waals surface area contributed by atoms with Crippen LogP contribution in [0.2, 0.25) is 0 Å². The molecular weight excluding hydrogens is 401 g/mol. The molecule has 1 fully saturated rings. The highest BCUT2D eigenvalue weighted by atomic mass is 19.1. The number of nitrogens with one attached hydrogen (secondary N) is 2. The van der Waals surface area contributed by atoms with Crippen molar-refractivity contribution in [2.24, 2.45) is 5.92 Å². The summed E-state index contributed by atoms with van der Waals surface area (Å²) in [6.45, 7) is 1.91. The van der Waals surface area contributed by atoms with E-state index in [0.717, 1.165) is 30.6 Å². The molecule has 0 saturated carbocycles. The van der Waals surface area contributed by atoms with Crippen LogP contribution in [0, 0.1) is 11.7 Å². The highest BCUT2D eigenvalue weighted by Crippen LogP contribution is 2.32. The van der Waals surface area contributed by atoms with Crippen LogP contribution in [0.25, 0.3) is 0 Å². The van der Waals surface area contributed by atoms with Crippen molar-refractivity contribution in [1.82, 2.24) is 10.2 Å². The smallest absolute Gasteiger partial charge is 0.321 e. The number of likely N-dealkylation sites (tertiary alicyclic amines) is 1. The zero-order valence-corrected chi connectivity index (χ0v) is 17.2. The largest absolute Gasteiger partial charge is 0.454 e. The first-order chi connectivity index (χ1) is 15.1. The molecule has 7 nitrogen and oxygen atoms in total. The number of piperidine rings is 1. The molecule has 164 valence electrons. The highest BCUT2D eigenvalue weighted by Gasteiger charge is 2.24. The van der Waals surface area contributed by atoms with Gasteiger partial charge in [-0.05, 0) is 61.1 Å². The van der Waals surface area contributed by atoms with Crippen molar-refractivity contribution in [2.75, 3.05) is 25.2 Å². The molecular formula is C23H26FN3O4. The zero-order chi connectivity index (χ0) is 21.6. The minimum atomic E-state index is -0.388. The van der Waals surface area contributed by atoms with Crippen LogP contribution < -0.4 is 20.1 Å². The molecule has 1 saturated heterocycles. The molecule has 0 unspecified atom stereocenters. The van der Waals surface area contributed by atoms with Crippen molar-refractivity contribution in [3.8, 4) is 11.5 Å². The van der Waals surface area contributed by atoms with Gasteiger partial charge in [-0.2, -0.15) is 0 Å². The molecule has 0 radical (unpaired) electrons. The Balaban J connectivity index is 1.20. The van der Waals surface area contributed by atoms with Crippen LogP contribution in [0.3, 0.4) is 0 Å². The summed E-state index contributed by atoms with van der Waals surface area (Å²) in [5.41, 5.74) is 1.39. The van der Waals surface area contributed by atoms with E-state index >= 15 is 0 Å². The zero-order valence-electron chi connectivity index (χ0n) is 17.2. The summed E-state index contributed by atoms with van der Waals surface area (Å²) in [5.74, 6) is 1.28. The Bertz CT molecular complexity index is 952. The summed E-state index contributed by atoms with van der Waals surface area (Å²) >= 11 is 0. The Kier molecular flexibility index (Phi) is 6.54. The van der Waals surface area contributed by atoms with E-state index in [0.29, 0.717) is 37.5 Å². The lowest BCUT2D eigenvalue weighted by molar-refractivity contribution is -0.121. The number of fused-ring (bicyclic) bond motifs is 1. The number of benzene rings is 2. The lowest BCUT2D eigenvalue weighted by atomic mass is 9.93. The number of urea groups is 1. The van der Waals surface area contributed by atoms with Crippen molar-refractivity contribution in [3.05, 3.63) is 53.8 Å². The SMILES string of the molecule is O=C(CC[C@H]1CCCN(C(=O)Nc2cccc(F)c2)C1)NCc1ccc2c(c1)OCO2. The number of halogens is 1. The Morgan fingerprint density at radius 2 is 2.00 bits per heavy atom. The van der Waals surface area contributed by atoms with Gasteiger partial charge in [0.1, 0.15) is 5.82 Å². The molecule has 2 aromatic rings. The average molecular weight is 427 g/mol. The lowest BCUT2D eigenvalue weighted by Gasteiger charge is -2.32. The third-order valence-corrected chi connectivity index (χ3v) is 5.59. The second-order valence-corrected chi connectivity index (χ2v) is 7.90. The van der Waals surface area contributed by atoms with Gasteiger partial charge in [-0.25, -0.2) is 9.18 Å². The van der Waals surface area contributed by atoms with Gasteiger partial charge in [0.05, 0.1) is 0 Å². The summed E-state index contributed by atoms with van der Waals surface area (Å²) in [4.78, 5) is 26.5. The average Bonchev–Trinajstić information content (AvgIpc) is 3.24. The molecule has 2 N–H and O–H groups in total. The van der Waals surface area contributed by atoms with Crippen molar-refractivity contribution >= 4 is 17.6 Å². The van der Waals surface area contributed by atoms with Crippen LogP contribution in [-0.4, -0.2) is 36.7 Å². The molecule has 8 heteroatoms. The molecule has 3 amide bonds. The fourth-order valence-electron chi connectivity index (χ4n) is 3.93. The lowest BCUT2D eigenvalue weighted by Crippen LogP contribution is -2.42. The van der Waals surface area contributed by atoms with Crippen molar-refractivity contribution in [2.45, 2.75) is 32.2 Å². The number of amides is 3. The Hall–Kier alpha value is -3.29. The van der Waals surface area contributed by atoms with E-state index in [-0.39, 0.29) is 30.5 Å². The molecule has 0 aromatic heterocycles. The number of hydrogen-bond acceptors (Lipinski definition) is 4. The van der Waals surface area contributed by atoms with Crippen LogP contribution in [0.5, 0.6) is 11.5 Å². The number of hydrogen-bond donors (Lipinski definition) is 2. The predicted molar refractivity (Wildman–Crippen MR) is 113 cm³/mol. The summed E-state index contributed by atoms with van der Waals surface area (Å²) in [6.07, 6.45) is 3.00. The number of anilines is 1. The van der Waals surface area contributed by atoms with Crippen molar-refractivity contribution in [1.29, 1.82) is 0 Å². The van der Waals surface area contributed by atoms with E-state index in [1.807, 2.05) is 18.2 Å². The van der Waals surface area contributed by atoms with Gasteiger partial charge < -0.3 is 25.0 Å². The second-order valence-electron chi connectivity index (χ2n) is 7.90. The number of carbonyl (C=O) groups excluding carboxylic acids is 2. The maximum absolute atomic E-state index is 13.3. The quantitative estimate of drug-likeness (QED) is 0.733. The van der Waals surface area contributed by atoms with Crippen LogP contribution in [0.4, 0.5) is 14.9 Å². The maximum Gasteiger partial charge on any atom is 0.321 e. The van der Waals surface area contributed by atoms with E-state index < -0.39 is 0 Å². The molecule has 0 bridgehead atoms. The van der Waals surface area contributed by atoms with Gasteiger partial charge in [0.25, 0.3) is 0 Å². The molecule has 2 aromatic carbocycles. The van der Waals surface area contributed by atoms with Crippen molar-refractivity contribution < 1.29 is 23.5 Å². The molecule has 1 atom stereocenters. The minimum absolute atomic E-state index is 0.0148. The van der Waals surface area contributed by atoms with Gasteiger partial charge >= 0.3 is 6.03 Å². The molecule has 0 spiro atoms. The minimum Gasteiger partial charge on any atom is -0.454 e. The molecule has 31 heavy (non-hydrogen) atoms. The van der Waals surface area contributed by atoms with E-state index in [1.54, 1.807) is 17.0 Å². The van der Waals surface area contributed by atoms with E-state index in [2.05, 4.69) is 10.6 Å². The Morgan fingerprint density at radius 3 is 2.87 bits per heavy atom. The number of ether oxygens (including phenoxy) is 2. The first-order valence-corrected chi connectivity index (χ1v) is 10.5. The highest BCUT2D eigenvalue weighted by molar-refractivity contribution is 5.89. The molecule has 2 aliphatic rings. The fourth-order valence-corrected chi connectivity index (χ4v) is 3.93. The summed E-state index contributed by atoms with van der Waals surface area (Å²) in [6, 6.07) is 11.2. The van der Waals surface area contributed by atoms with Gasteiger partial charge in [0, 0.05) is 31.7 Å². The van der Waals surface area contributed by atoms with E-state index in [1.165, 1.54) is 12.1 Å². The number of rotatable bonds is 6. The van der Waals surface area contributed by atoms with Gasteiger partial charge in [0.2, 0.25) is 12.7 Å². The summed E-state index contributed by atoms with van der Waals surface area (Å²) in [7, 11) is 0. The standard InChI is InChI=1S/C23H26FN3O4/c24-18-4-1-5-19(12-18)26-23(29)27-10-2-3-16(14-27)7-9-22(28)25-13-17-6-8-20-21(11-17)31-15-30-20/h1,4-6,8,11-12,16H,2-3,7,9-10,13-15H2,(H,25,28)(H,26,29)/t16-/m1/s1. The van der Waals surface area contributed by atoms with Crippen LogP contribution in [0.15, 0.2) is 42.5 Å². The summed E-state index contributed by atoms with van der Waals surface area (Å²) < 4.78 is 24.0. The molecule has 0 aliphatic carbocycles. The molecule has 4 rings (SSSR count). The maximum atomic E-state index is 13.3. The normalized spacial score (nSPS) is 17.3. The van der Waals surface area contributed by atoms with Gasteiger partial charge in [-0.15, -0.1) is 0 Å². The topological polar surface area (TPSA) is 79.9 Å². The predicted octanol–water partition coefficient (Wildman–Crippen LogP) is 3.89. The monoisotopic (exact) mass is 427 g/mol. The first-order valence-electron chi connectivity index (χ1n) is 10.5. The molecule has 2 aliphatic heterocycles. The van der Waals surface area contributed by atoms with Gasteiger partial charge in [-0.1, -0.05) is 12.1 Å². The molecule has 2 heterocycles. The summed E-state index contributed by atoms with van der Waals surface area (Å²) in [5, 5.41) is 5.68. The van der Waals surface area contributed by atoms with Crippen LogP contribution in [0.1, 0.15) is 31.2 Å².